The number of ether oxygens (including phenoxy) is 2. The summed E-state index contributed by atoms with van der Waals surface area (Å²) < 4.78 is 26.8. The summed E-state index contributed by atoms with van der Waals surface area (Å²) in [6.45, 7) is 6.48. The van der Waals surface area contributed by atoms with Crippen molar-refractivity contribution in [3.8, 4) is 11.4 Å². The number of carbonyl (C=O) groups excluding carboxylic acids is 1. The Kier molecular flexibility index (Phi) is 5.97. The zero-order chi connectivity index (χ0) is 24.9. The van der Waals surface area contributed by atoms with E-state index in [0.717, 1.165) is 29.4 Å². The lowest BCUT2D eigenvalue weighted by molar-refractivity contribution is -0.172. The van der Waals surface area contributed by atoms with E-state index in [2.05, 4.69) is 0 Å². The Morgan fingerprint density at radius 3 is 2.77 bits per heavy atom. The van der Waals surface area contributed by atoms with Crippen molar-refractivity contribution in [1.29, 1.82) is 0 Å². The summed E-state index contributed by atoms with van der Waals surface area (Å²) in [5, 5.41) is 11.9. The number of cyclic esters (lactones) is 1. The second-order valence-corrected chi connectivity index (χ2v) is 9.61. The van der Waals surface area contributed by atoms with Crippen molar-refractivity contribution in [2.24, 2.45) is 0 Å². The second kappa shape index (κ2) is 8.84. The summed E-state index contributed by atoms with van der Waals surface area (Å²) >= 11 is 0. The minimum atomic E-state index is -1.87. The molecule has 1 atom stereocenters. The van der Waals surface area contributed by atoms with Crippen LogP contribution in [0.25, 0.3) is 22.3 Å². The van der Waals surface area contributed by atoms with Crippen LogP contribution in [0, 0.1) is 5.82 Å². The van der Waals surface area contributed by atoms with E-state index in [1.54, 1.807) is 23.6 Å². The Morgan fingerprint density at radius 1 is 1.23 bits per heavy atom. The Morgan fingerprint density at radius 2 is 2.03 bits per heavy atom. The molecule has 0 aliphatic carbocycles. The van der Waals surface area contributed by atoms with Gasteiger partial charge in [0.1, 0.15) is 12.4 Å². The first-order chi connectivity index (χ1) is 16.7. The van der Waals surface area contributed by atoms with Gasteiger partial charge in [-0.15, -0.1) is 0 Å². The maximum absolute atomic E-state index is 14.5. The largest absolute Gasteiger partial charge is 0.458 e. The summed E-state index contributed by atoms with van der Waals surface area (Å²) in [7, 11) is 0. The van der Waals surface area contributed by atoms with Crippen molar-refractivity contribution in [2.45, 2.75) is 71.3 Å². The molecule has 0 fully saturated rings. The predicted octanol–water partition coefficient (Wildman–Crippen LogP) is 3.97. The number of unbranched alkanes of at least 4 members (excludes halogenated alkanes) is 1. The van der Waals surface area contributed by atoms with Crippen LogP contribution in [-0.2, 0) is 39.4 Å². The third kappa shape index (κ3) is 3.94. The fourth-order valence-corrected chi connectivity index (χ4v) is 5.06. The molecular weight excluding hydrogens is 451 g/mol. The third-order valence-electron chi connectivity index (χ3n) is 6.97. The first-order valence-electron chi connectivity index (χ1n) is 12.1. The van der Waals surface area contributed by atoms with Crippen LogP contribution < -0.4 is 5.56 Å². The Labute approximate surface area is 202 Å². The van der Waals surface area contributed by atoms with E-state index in [9.17, 15) is 19.1 Å². The van der Waals surface area contributed by atoms with E-state index in [-0.39, 0.29) is 41.6 Å². The summed E-state index contributed by atoms with van der Waals surface area (Å²) in [6, 6.07) is 6.60. The van der Waals surface area contributed by atoms with Gasteiger partial charge in [-0.05, 0) is 63.3 Å². The number of aliphatic hydroxyl groups is 1. The normalized spacial score (nSPS) is 18.5. The monoisotopic (exact) mass is 480 g/mol. The predicted molar refractivity (Wildman–Crippen MR) is 129 cm³/mol. The number of pyridine rings is 2. The Balaban J connectivity index is 1.55. The van der Waals surface area contributed by atoms with Gasteiger partial charge in [-0.1, -0.05) is 6.92 Å². The molecule has 2 aliphatic rings. The van der Waals surface area contributed by atoms with Crippen molar-refractivity contribution < 1.29 is 23.8 Å². The smallest absolute Gasteiger partial charge is 0.343 e. The molecule has 0 spiro atoms. The molecule has 4 heterocycles. The molecule has 0 amide bonds. The number of hydrogen-bond acceptors (Lipinski definition) is 6. The lowest BCUT2D eigenvalue weighted by atomic mass is 9.86. The quantitative estimate of drug-likeness (QED) is 0.318. The van der Waals surface area contributed by atoms with E-state index < -0.39 is 11.6 Å². The SMILES string of the molecule is CC[C@@]1(O)C(=O)OCc2c1cc1n(c2=O)Cc2cc3c(CCCCOC(C)C)cc(F)cc3nc2-1. The molecule has 8 heteroatoms. The zero-order valence-corrected chi connectivity index (χ0v) is 20.2. The van der Waals surface area contributed by atoms with Crippen LogP contribution in [0.3, 0.4) is 0 Å². The van der Waals surface area contributed by atoms with Crippen molar-refractivity contribution in [3.63, 3.8) is 0 Å². The molecule has 2 aromatic heterocycles. The van der Waals surface area contributed by atoms with Crippen LogP contribution >= 0.6 is 0 Å². The van der Waals surface area contributed by atoms with Crippen molar-refractivity contribution >= 4 is 16.9 Å². The van der Waals surface area contributed by atoms with Gasteiger partial charge in [0.05, 0.1) is 35.1 Å². The van der Waals surface area contributed by atoms with E-state index in [4.69, 9.17) is 14.5 Å². The molecule has 0 saturated carbocycles. The van der Waals surface area contributed by atoms with Gasteiger partial charge in [-0.2, -0.15) is 0 Å². The summed E-state index contributed by atoms with van der Waals surface area (Å²) in [6.07, 6.45) is 2.70. The summed E-state index contributed by atoms with van der Waals surface area (Å²) in [4.78, 5) is 30.4. The molecule has 1 aromatic carbocycles. The number of carbonyl (C=O) groups is 1. The molecule has 5 rings (SSSR count). The lowest BCUT2D eigenvalue weighted by Crippen LogP contribution is -2.44. The molecule has 2 aliphatic heterocycles. The highest BCUT2D eigenvalue weighted by atomic mass is 19.1. The van der Waals surface area contributed by atoms with Crippen LogP contribution in [-0.4, -0.2) is 33.3 Å². The van der Waals surface area contributed by atoms with Crippen LogP contribution in [0.4, 0.5) is 4.39 Å². The van der Waals surface area contributed by atoms with Crippen LogP contribution in [0.5, 0.6) is 0 Å². The molecule has 0 bridgehead atoms. The van der Waals surface area contributed by atoms with Gasteiger partial charge < -0.3 is 19.1 Å². The lowest BCUT2D eigenvalue weighted by Gasteiger charge is -2.31. The van der Waals surface area contributed by atoms with E-state index in [1.165, 1.54) is 6.07 Å². The Hall–Kier alpha value is -3.10. The van der Waals surface area contributed by atoms with Crippen molar-refractivity contribution in [2.75, 3.05) is 6.61 Å². The minimum Gasteiger partial charge on any atom is -0.458 e. The molecular formula is C27H29FN2O5. The maximum Gasteiger partial charge on any atom is 0.343 e. The molecule has 0 saturated heterocycles. The molecule has 1 N–H and O–H groups in total. The van der Waals surface area contributed by atoms with Gasteiger partial charge in [0.25, 0.3) is 5.56 Å². The number of nitrogens with zero attached hydrogens (tertiary/aromatic N) is 2. The zero-order valence-electron chi connectivity index (χ0n) is 20.2. The van der Waals surface area contributed by atoms with Gasteiger partial charge in [-0.25, -0.2) is 14.2 Å². The summed E-state index contributed by atoms with van der Waals surface area (Å²) in [5.74, 6) is -1.12. The first-order valence-corrected chi connectivity index (χ1v) is 12.1. The topological polar surface area (TPSA) is 90.7 Å². The number of esters is 1. The summed E-state index contributed by atoms with van der Waals surface area (Å²) in [5.41, 5.74) is 1.69. The second-order valence-electron chi connectivity index (χ2n) is 9.61. The Bertz CT molecular complexity index is 1400. The van der Waals surface area contributed by atoms with E-state index in [1.807, 2.05) is 19.9 Å². The molecule has 3 aromatic rings. The molecule has 0 unspecified atom stereocenters. The van der Waals surface area contributed by atoms with Crippen LogP contribution in [0.1, 0.15) is 62.3 Å². The average molecular weight is 481 g/mol. The van der Waals surface area contributed by atoms with Gasteiger partial charge in [0, 0.05) is 29.2 Å². The van der Waals surface area contributed by atoms with E-state index in [0.29, 0.717) is 36.5 Å². The van der Waals surface area contributed by atoms with Crippen LogP contribution in [0.2, 0.25) is 0 Å². The van der Waals surface area contributed by atoms with Crippen molar-refractivity contribution in [1.82, 2.24) is 9.55 Å². The number of aromatic nitrogens is 2. The number of rotatable bonds is 7. The van der Waals surface area contributed by atoms with Gasteiger partial charge in [0.15, 0.2) is 5.60 Å². The molecule has 35 heavy (non-hydrogen) atoms. The number of halogens is 1. The number of benzene rings is 1. The standard InChI is InChI=1S/C27H29FN2O5/c1-4-27(33)21-12-23-24-17(13-30(23)25(31)20(21)14-35-26(27)32)10-19-16(7-5-6-8-34-15(2)3)9-18(28)11-22(19)29-24/h9-12,15,33H,4-8,13-14H2,1-3H3/t27-/m0/s1. The highest BCUT2D eigenvalue weighted by Crippen LogP contribution is 2.39. The minimum absolute atomic E-state index is 0.0799. The van der Waals surface area contributed by atoms with Crippen LogP contribution in [0.15, 0.2) is 29.1 Å². The molecule has 184 valence electrons. The van der Waals surface area contributed by atoms with Gasteiger partial charge >= 0.3 is 5.97 Å². The van der Waals surface area contributed by atoms with Gasteiger partial charge in [0.2, 0.25) is 0 Å². The number of hydrogen-bond donors (Lipinski definition) is 1. The fraction of sp³-hybridized carbons (Fsp3) is 0.444. The molecule has 7 nitrogen and oxygen atoms in total. The average Bonchev–Trinajstić information content (AvgIpc) is 3.18. The highest BCUT2D eigenvalue weighted by Gasteiger charge is 2.45. The highest BCUT2D eigenvalue weighted by molar-refractivity contribution is 5.88. The first kappa shape index (κ1) is 23.6. The van der Waals surface area contributed by atoms with Gasteiger partial charge in [-0.3, -0.25) is 4.79 Å². The number of fused-ring (bicyclic) bond motifs is 5. The maximum atomic E-state index is 14.5. The number of aryl methyl sites for hydroxylation is 1. The van der Waals surface area contributed by atoms with Crippen molar-refractivity contribution in [3.05, 3.63) is 62.7 Å². The fourth-order valence-electron chi connectivity index (χ4n) is 5.06. The third-order valence-corrected chi connectivity index (χ3v) is 6.97. The van der Waals surface area contributed by atoms with E-state index >= 15 is 0 Å². The molecule has 0 radical (unpaired) electrons.